The minimum absolute atomic E-state index is 0.427. The molecule has 0 N–H and O–H groups in total. The maximum absolute atomic E-state index is 11.7. The Balaban J connectivity index is 2.77. The van der Waals surface area contributed by atoms with E-state index in [2.05, 4.69) is 11.6 Å². The molecule has 2 rings (SSSR count). The highest BCUT2D eigenvalue weighted by Crippen LogP contribution is 2.32. The Hall–Kier alpha value is -1.16. The molecule has 0 aromatic carbocycles. The number of sulfone groups is 1. The summed E-state index contributed by atoms with van der Waals surface area (Å²) in [4.78, 5) is 4.83. The lowest BCUT2D eigenvalue weighted by atomic mass is 9.92. The lowest BCUT2D eigenvalue weighted by Gasteiger charge is -2.20. The number of hydrogen-bond acceptors (Lipinski definition) is 3. The minimum atomic E-state index is -3.17. The van der Waals surface area contributed by atoms with E-state index in [0.29, 0.717) is 4.90 Å². The van der Waals surface area contributed by atoms with Gasteiger partial charge in [0.1, 0.15) is 0 Å². The van der Waals surface area contributed by atoms with Gasteiger partial charge in [-0.25, -0.2) is 8.42 Å². The van der Waals surface area contributed by atoms with Gasteiger partial charge < -0.3 is 0 Å². The van der Waals surface area contributed by atoms with Gasteiger partial charge in [0.05, 0.1) is 10.6 Å². The van der Waals surface area contributed by atoms with E-state index >= 15 is 0 Å². The molecule has 0 atom stereocenters. The molecule has 0 radical (unpaired) electrons. The molecule has 0 bridgehead atoms. The maximum atomic E-state index is 11.7. The third-order valence-electron chi connectivity index (χ3n) is 2.85. The zero-order valence-corrected chi connectivity index (χ0v) is 10.4. The first-order valence-electron chi connectivity index (χ1n) is 5.28. The van der Waals surface area contributed by atoms with Crippen molar-refractivity contribution in [2.75, 3.05) is 6.26 Å². The molecule has 1 aliphatic carbocycles. The van der Waals surface area contributed by atoms with Crippen molar-refractivity contribution in [3.63, 3.8) is 0 Å². The Labute approximate surface area is 96.1 Å². The van der Waals surface area contributed by atoms with Crippen LogP contribution in [0.25, 0.3) is 5.57 Å². The van der Waals surface area contributed by atoms with Crippen LogP contribution in [0.2, 0.25) is 0 Å². The van der Waals surface area contributed by atoms with E-state index in [9.17, 15) is 8.42 Å². The number of aryl methyl sites for hydroxylation is 1. The smallest absolute Gasteiger partial charge is 0.175 e. The molecule has 1 aliphatic rings. The van der Waals surface area contributed by atoms with Gasteiger partial charge in [-0.1, -0.05) is 6.58 Å². The van der Waals surface area contributed by atoms with Crippen molar-refractivity contribution in [2.24, 2.45) is 0 Å². The highest BCUT2D eigenvalue weighted by atomic mass is 32.2. The van der Waals surface area contributed by atoms with Gasteiger partial charge in [0.15, 0.2) is 9.84 Å². The summed E-state index contributed by atoms with van der Waals surface area (Å²) < 4.78 is 23.4. The quantitative estimate of drug-likeness (QED) is 0.752. The number of rotatable bonds is 1. The van der Waals surface area contributed by atoms with E-state index in [4.69, 9.17) is 0 Å². The first-order chi connectivity index (χ1) is 7.39. The first kappa shape index (κ1) is 11.3. The van der Waals surface area contributed by atoms with E-state index in [1.807, 2.05) is 6.92 Å². The molecule has 0 amide bonds. The lowest BCUT2D eigenvalue weighted by Crippen LogP contribution is -2.12. The van der Waals surface area contributed by atoms with Crippen LogP contribution in [0.1, 0.15) is 29.8 Å². The summed E-state index contributed by atoms with van der Waals surface area (Å²) in [6, 6.07) is 1.66. The Kier molecular flexibility index (Phi) is 2.62. The summed E-state index contributed by atoms with van der Waals surface area (Å²) in [6.45, 7) is 5.78. The normalized spacial score (nSPS) is 16.0. The zero-order chi connectivity index (χ0) is 11.9. The standard InChI is InChI=1S/C12H15NO2S/c1-8-5-4-6-10-11(16(3,14)15)7-9(2)13-12(8)10/h7H,1,4-6H2,2-3H3. The predicted octanol–water partition coefficient (Wildman–Crippen LogP) is 2.14. The van der Waals surface area contributed by atoms with Gasteiger partial charge in [0.2, 0.25) is 0 Å². The number of aromatic nitrogens is 1. The second kappa shape index (κ2) is 3.70. The van der Waals surface area contributed by atoms with Crippen LogP contribution in [0, 0.1) is 6.92 Å². The van der Waals surface area contributed by atoms with E-state index in [0.717, 1.165) is 41.8 Å². The molecule has 1 aromatic rings. The van der Waals surface area contributed by atoms with Crippen LogP contribution >= 0.6 is 0 Å². The Morgan fingerprint density at radius 2 is 2.06 bits per heavy atom. The van der Waals surface area contributed by atoms with Crippen molar-refractivity contribution in [2.45, 2.75) is 31.1 Å². The van der Waals surface area contributed by atoms with Gasteiger partial charge in [-0.2, -0.15) is 0 Å². The van der Waals surface area contributed by atoms with Crippen LogP contribution in [0.4, 0.5) is 0 Å². The molecule has 0 aliphatic heterocycles. The predicted molar refractivity (Wildman–Crippen MR) is 64.1 cm³/mol. The second-order valence-corrected chi connectivity index (χ2v) is 6.30. The van der Waals surface area contributed by atoms with Crippen LogP contribution in [-0.4, -0.2) is 19.7 Å². The average molecular weight is 237 g/mol. The summed E-state index contributed by atoms with van der Waals surface area (Å²) in [6.07, 6.45) is 3.90. The molecule has 0 fully saturated rings. The number of allylic oxidation sites excluding steroid dienone is 1. The molecule has 1 heterocycles. The maximum Gasteiger partial charge on any atom is 0.175 e. The molecule has 4 heteroatoms. The molecule has 0 unspecified atom stereocenters. The largest absolute Gasteiger partial charge is 0.253 e. The fraction of sp³-hybridized carbons (Fsp3) is 0.417. The van der Waals surface area contributed by atoms with E-state index in [-0.39, 0.29) is 0 Å². The van der Waals surface area contributed by atoms with Gasteiger partial charge in [0.25, 0.3) is 0 Å². The minimum Gasteiger partial charge on any atom is -0.253 e. The molecule has 0 saturated heterocycles. The molecule has 86 valence electrons. The number of pyridine rings is 1. The zero-order valence-electron chi connectivity index (χ0n) is 9.58. The van der Waals surface area contributed by atoms with Crippen molar-refractivity contribution < 1.29 is 8.42 Å². The van der Waals surface area contributed by atoms with Crippen molar-refractivity contribution in [3.8, 4) is 0 Å². The third kappa shape index (κ3) is 1.89. The topological polar surface area (TPSA) is 47.0 Å². The number of hydrogen-bond donors (Lipinski definition) is 0. The molecular formula is C12H15NO2S. The highest BCUT2D eigenvalue weighted by molar-refractivity contribution is 7.90. The number of fused-ring (bicyclic) bond motifs is 1. The van der Waals surface area contributed by atoms with E-state index < -0.39 is 9.84 Å². The third-order valence-corrected chi connectivity index (χ3v) is 4.01. The highest BCUT2D eigenvalue weighted by Gasteiger charge is 2.22. The van der Waals surface area contributed by atoms with Crippen molar-refractivity contribution in [3.05, 3.63) is 29.6 Å². The SMILES string of the molecule is C=C1CCCc2c(S(C)(=O)=O)cc(C)nc21. The van der Waals surface area contributed by atoms with Gasteiger partial charge >= 0.3 is 0 Å². The molecule has 0 saturated carbocycles. The first-order valence-corrected chi connectivity index (χ1v) is 7.17. The monoisotopic (exact) mass is 237 g/mol. The van der Waals surface area contributed by atoms with Crippen molar-refractivity contribution in [1.29, 1.82) is 0 Å². The van der Waals surface area contributed by atoms with Crippen molar-refractivity contribution >= 4 is 15.4 Å². The van der Waals surface area contributed by atoms with Gasteiger partial charge in [-0.3, -0.25) is 4.98 Å². The van der Waals surface area contributed by atoms with Gasteiger partial charge in [-0.15, -0.1) is 0 Å². The fourth-order valence-corrected chi connectivity index (χ4v) is 3.16. The molecular weight excluding hydrogens is 222 g/mol. The summed E-state index contributed by atoms with van der Waals surface area (Å²) in [5.74, 6) is 0. The molecule has 1 aromatic heterocycles. The van der Waals surface area contributed by atoms with Gasteiger partial charge in [0, 0.05) is 11.9 Å². The number of nitrogens with zero attached hydrogens (tertiary/aromatic N) is 1. The molecule has 3 nitrogen and oxygen atoms in total. The van der Waals surface area contributed by atoms with E-state index in [1.54, 1.807) is 6.07 Å². The van der Waals surface area contributed by atoms with Crippen LogP contribution < -0.4 is 0 Å². The second-order valence-electron chi connectivity index (χ2n) is 4.32. The van der Waals surface area contributed by atoms with Crippen LogP contribution in [0.5, 0.6) is 0 Å². The van der Waals surface area contributed by atoms with Crippen LogP contribution in [0.3, 0.4) is 0 Å². The molecule has 0 spiro atoms. The average Bonchev–Trinajstić information content (AvgIpc) is 2.17. The Morgan fingerprint density at radius 1 is 1.38 bits per heavy atom. The van der Waals surface area contributed by atoms with Gasteiger partial charge in [-0.05, 0) is 43.4 Å². The fourth-order valence-electron chi connectivity index (χ4n) is 2.13. The summed E-state index contributed by atoms with van der Waals surface area (Å²) in [7, 11) is -3.17. The summed E-state index contributed by atoms with van der Waals surface area (Å²) in [5.41, 5.74) is 3.34. The van der Waals surface area contributed by atoms with Crippen LogP contribution in [-0.2, 0) is 16.3 Å². The Morgan fingerprint density at radius 3 is 2.69 bits per heavy atom. The van der Waals surface area contributed by atoms with E-state index in [1.165, 1.54) is 6.26 Å². The Bertz CT molecular complexity index is 559. The van der Waals surface area contributed by atoms with Crippen LogP contribution in [0.15, 0.2) is 17.5 Å². The summed E-state index contributed by atoms with van der Waals surface area (Å²) in [5, 5.41) is 0. The summed E-state index contributed by atoms with van der Waals surface area (Å²) >= 11 is 0. The molecule has 16 heavy (non-hydrogen) atoms. The lowest BCUT2D eigenvalue weighted by molar-refractivity contribution is 0.599. The van der Waals surface area contributed by atoms with Crippen molar-refractivity contribution in [1.82, 2.24) is 4.98 Å².